The van der Waals surface area contributed by atoms with Crippen LogP contribution in [0.1, 0.15) is 49.5 Å². The minimum atomic E-state index is -0.867. The molecule has 0 aromatic heterocycles. The lowest BCUT2D eigenvalue weighted by molar-refractivity contribution is -0.123. The third-order valence-corrected chi connectivity index (χ3v) is 5.45. The molecule has 0 saturated carbocycles. The van der Waals surface area contributed by atoms with E-state index < -0.39 is 17.4 Å². The highest BCUT2D eigenvalue weighted by atomic mass is 35.5. The fourth-order valence-electron chi connectivity index (χ4n) is 3.26. The van der Waals surface area contributed by atoms with Crippen molar-refractivity contribution in [1.82, 2.24) is 0 Å². The van der Waals surface area contributed by atoms with Crippen LogP contribution in [-0.2, 0) is 4.79 Å². The molecule has 3 aromatic rings. The number of hydrogen-bond acceptors (Lipinski definition) is 2. The first-order valence-corrected chi connectivity index (χ1v) is 10.5. The number of aliphatic hydroxyl groups is 1. The van der Waals surface area contributed by atoms with Crippen LogP contribution in [0.25, 0.3) is 0 Å². The molecule has 0 aliphatic carbocycles. The SMILES string of the molecule is CC(C)(C)C(=O)Nc1ccc(Cl)cc1[C@@H](c1ccccc1)[C@H](O)c1ccc(Cl)cc1. The van der Waals surface area contributed by atoms with Crippen LogP contribution in [-0.4, -0.2) is 11.0 Å². The van der Waals surface area contributed by atoms with E-state index in [2.05, 4.69) is 5.32 Å². The number of carbonyl (C=O) groups is 1. The molecule has 3 aromatic carbocycles. The van der Waals surface area contributed by atoms with Crippen molar-refractivity contribution in [3.8, 4) is 0 Å². The van der Waals surface area contributed by atoms with E-state index in [1.165, 1.54) is 0 Å². The maximum atomic E-state index is 12.7. The molecule has 1 amide bonds. The highest BCUT2D eigenvalue weighted by Crippen LogP contribution is 2.41. The lowest BCUT2D eigenvalue weighted by atomic mass is 9.82. The summed E-state index contributed by atoms with van der Waals surface area (Å²) in [6.45, 7) is 5.57. The number of amides is 1. The van der Waals surface area contributed by atoms with Crippen LogP contribution in [0.2, 0.25) is 10.0 Å². The van der Waals surface area contributed by atoms with Crippen molar-refractivity contribution in [3.05, 3.63) is 99.5 Å². The lowest BCUT2D eigenvalue weighted by Crippen LogP contribution is -2.28. The Hall–Kier alpha value is -2.33. The van der Waals surface area contributed by atoms with Crippen LogP contribution in [0, 0.1) is 5.41 Å². The third kappa shape index (κ3) is 5.23. The molecule has 0 aliphatic heterocycles. The smallest absolute Gasteiger partial charge is 0.229 e. The van der Waals surface area contributed by atoms with Gasteiger partial charge in [0.1, 0.15) is 0 Å². The molecule has 156 valence electrons. The molecule has 0 aliphatic rings. The van der Waals surface area contributed by atoms with E-state index in [1.807, 2.05) is 51.1 Å². The van der Waals surface area contributed by atoms with E-state index in [-0.39, 0.29) is 5.91 Å². The summed E-state index contributed by atoms with van der Waals surface area (Å²) < 4.78 is 0. The number of hydrogen-bond donors (Lipinski definition) is 2. The van der Waals surface area contributed by atoms with Gasteiger partial charge >= 0.3 is 0 Å². The van der Waals surface area contributed by atoms with E-state index >= 15 is 0 Å². The Morgan fingerprint density at radius 3 is 2.07 bits per heavy atom. The summed E-state index contributed by atoms with van der Waals surface area (Å²) in [6, 6.07) is 22.1. The Labute approximate surface area is 187 Å². The van der Waals surface area contributed by atoms with Crippen LogP contribution >= 0.6 is 23.2 Å². The molecule has 2 N–H and O–H groups in total. The Bertz CT molecular complexity index is 1010. The van der Waals surface area contributed by atoms with Crippen molar-refractivity contribution in [2.24, 2.45) is 5.41 Å². The molecule has 0 heterocycles. The predicted octanol–water partition coefficient (Wildman–Crippen LogP) is 6.84. The number of nitrogens with one attached hydrogen (secondary N) is 1. The Kier molecular flexibility index (Phi) is 6.87. The summed E-state index contributed by atoms with van der Waals surface area (Å²) >= 11 is 12.4. The largest absolute Gasteiger partial charge is 0.387 e. The molecule has 3 rings (SSSR count). The summed E-state index contributed by atoms with van der Waals surface area (Å²) in [6.07, 6.45) is -0.867. The average Bonchev–Trinajstić information content (AvgIpc) is 2.70. The average molecular weight is 442 g/mol. The number of aliphatic hydroxyl groups excluding tert-OH is 1. The van der Waals surface area contributed by atoms with E-state index in [9.17, 15) is 9.90 Å². The molecule has 0 saturated heterocycles. The van der Waals surface area contributed by atoms with Gasteiger partial charge in [-0.15, -0.1) is 0 Å². The fraction of sp³-hybridized carbons (Fsp3) is 0.240. The van der Waals surface area contributed by atoms with E-state index in [4.69, 9.17) is 23.2 Å². The summed E-state index contributed by atoms with van der Waals surface area (Å²) in [5, 5.41) is 15.5. The monoisotopic (exact) mass is 441 g/mol. The van der Waals surface area contributed by atoms with Gasteiger partial charge in [-0.05, 0) is 47.0 Å². The highest BCUT2D eigenvalue weighted by Gasteiger charge is 2.29. The minimum absolute atomic E-state index is 0.112. The molecule has 0 unspecified atom stereocenters. The van der Waals surface area contributed by atoms with Gasteiger partial charge in [0.05, 0.1) is 6.10 Å². The lowest BCUT2D eigenvalue weighted by Gasteiger charge is -2.28. The number of carbonyl (C=O) groups excluding carboxylic acids is 1. The van der Waals surface area contributed by atoms with E-state index in [0.29, 0.717) is 15.7 Å². The van der Waals surface area contributed by atoms with Crippen molar-refractivity contribution in [1.29, 1.82) is 0 Å². The van der Waals surface area contributed by atoms with Crippen LogP contribution in [0.5, 0.6) is 0 Å². The van der Waals surface area contributed by atoms with Crippen molar-refractivity contribution in [3.63, 3.8) is 0 Å². The molecule has 0 spiro atoms. The van der Waals surface area contributed by atoms with Crippen molar-refractivity contribution >= 4 is 34.8 Å². The van der Waals surface area contributed by atoms with Gasteiger partial charge in [0.25, 0.3) is 0 Å². The van der Waals surface area contributed by atoms with Crippen LogP contribution < -0.4 is 5.32 Å². The second-order valence-corrected chi connectivity index (χ2v) is 9.19. The predicted molar refractivity (Wildman–Crippen MR) is 124 cm³/mol. The third-order valence-electron chi connectivity index (χ3n) is 4.96. The van der Waals surface area contributed by atoms with Crippen LogP contribution in [0.3, 0.4) is 0 Å². The Morgan fingerprint density at radius 2 is 1.47 bits per heavy atom. The molecule has 2 atom stereocenters. The Morgan fingerprint density at radius 1 is 0.867 bits per heavy atom. The van der Waals surface area contributed by atoms with Crippen molar-refractivity contribution in [2.75, 3.05) is 5.32 Å². The van der Waals surface area contributed by atoms with Gasteiger partial charge in [0.15, 0.2) is 0 Å². The van der Waals surface area contributed by atoms with Crippen molar-refractivity contribution in [2.45, 2.75) is 32.8 Å². The zero-order valence-electron chi connectivity index (χ0n) is 17.2. The number of anilines is 1. The van der Waals surface area contributed by atoms with Gasteiger partial charge in [0, 0.05) is 27.1 Å². The molecular weight excluding hydrogens is 417 g/mol. The van der Waals surface area contributed by atoms with Crippen LogP contribution in [0.4, 0.5) is 5.69 Å². The standard InChI is InChI=1S/C25H25Cl2NO2/c1-25(2,3)24(30)28-21-14-13-19(27)15-20(21)22(16-7-5-4-6-8-16)23(29)17-9-11-18(26)12-10-17/h4-15,22-23,29H,1-3H3,(H,28,30)/t22-,23-/m1/s1. The quantitative estimate of drug-likeness (QED) is 0.454. The van der Waals surface area contributed by atoms with Crippen LogP contribution in [0.15, 0.2) is 72.8 Å². The van der Waals surface area contributed by atoms with Gasteiger partial charge < -0.3 is 10.4 Å². The normalized spacial score (nSPS) is 13.5. The zero-order chi connectivity index (χ0) is 21.9. The first kappa shape index (κ1) is 22.4. The second-order valence-electron chi connectivity index (χ2n) is 8.32. The highest BCUT2D eigenvalue weighted by molar-refractivity contribution is 6.31. The second kappa shape index (κ2) is 9.22. The number of rotatable bonds is 5. The molecule has 0 fully saturated rings. The Balaban J connectivity index is 2.13. The zero-order valence-corrected chi connectivity index (χ0v) is 18.7. The minimum Gasteiger partial charge on any atom is -0.387 e. The van der Waals surface area contributed by atoms with E-state index in [1.54, 1.807) is 42.5 Å². The van der Waals surface area contributed by atoms with Crippen molar-refractivity contribution < 1.29 is 9.90 Å². The van der Waals surface area contributed by atoms with Gasteiger partial charge in [-0.25, -0.2) is 0 Å². The summed E-state index contributed by atoms with van der Waals surface area (Å²) in [5.74, 6) is -0.555. The maximum absolute atomic E-state index is 12.7. The number of benzene rings is 3. The first-order chi connectivity index (χ1) is 14.2. The van der Waals surface area contributed by atoms with Gasteiger partial charge in [0.2, 0.25) is 5.91 Å². The van der Waals surface area contributed by atoms with Gasteiger partial charge in [-0.3, -0.25) is 4.79 Å². The maximum Gasteiger partial charge on any atom is 0.229 e. The first-order valence-electron chi connectivity index (χ1n) is 9.76. The summed E-state index contributed by atoms with van der Waals surface area (Å²) in [7, 11) is 0. The number of halogens is 2. The molecular formula is C25H25Cl2NO2. The van der Waals surface area contributed by atoms with Gasteiger partial charge in [-0.2, -0.15) is 0 Å². The summed E-state index contributed by atoms with van der Waals surface area (Å²) in [4.78, 5) is 12.7. The molecule has 30 heavy (non-hydrogen) atoms. The van der Waals surface area contributed by atoms with Gasteiger partial charge in [-0.1, -0.05) is 86.4 Å². The molecule has 3 nitrogen and oxygen atoms in total. The summed E-state index contributed by atoms with van der Waals surface area (Å²) in [5.41, 5.74) is 2.44. The molecule has 0 radical (unpaired) electrons. The topological polar surface area (TPSA) is 49.3 Å². The molecule has 5 heteroatoms. The molecule has 0 bridgehead atoms. The fourth-order valence-corrected chi connectivity index (χ4v) is 3.57. The van der Waals surface area contributed by atoms with E-state index in [0.717, 1.165) is 16.7 Å².